The maximum Gasteiger partial charge on any atom is 0.155 e. The van der Waals surface area contributed by atoms with Gasteiger partial charge in [0.25, 0.3) is 0 Å². The summed E-state index contributed by atoms with van der Waals surface area (Å²) in [5, 5.41) is 0. The predicted octanol–water partition coefficient (Wildman–Crippen LogP) is 5.69. The number of fused-ring (bicyclic) bond motifs is 5. The number of allylic oxidation sites excluding steroid dienone is 2. The summed E-state index contributed by atoms with van der Waals surface area (Å²) < 4.78 is 2.25. The SMILES string of the molecule is C[C@]12CC[C@H]3[C@@H](CCC4=CC(=O)CC[C@@H]43)[C@@H]1CC[C@H]2/C=C\I. The van der Waals surface area contributed by atoms with Crippen molar-refractivity contribution >= 4 is 28.4 Å². The molecular weight excluding hydrogens is 383 g/mol. The van der Waals surface area contributed by atoms with Gasteiger partial charge in [-0.15, -0.1) is 0 Å². The van der Waals surface area contributed by atoms with Gasteiger partial charge in [-0.05, 0) is 90.1 Å². The molecule has 4 aliphatic carbocycles. The van der Waals surface area contributed by atoms with E-state index in [1.165, 1.54) is 44.1 Å². The van der Waals surface area contributed by atoms with Crippen molar-refractivity contribution in [1.82, 2.24) is 0 Å². The molecule has 0 heterocycles. The molecule has 0 N–H and O–H groups in total. The van der Waals surface area contributed by atoms with Gasteiger partial charge in [-0.25, -0.2) is 0 Å². The van der Waals surface area contributed by atoms with Gasteiger partial charge in [0.1, 0.15) is 0 Å². The maximum atomic E-state index is 11.7. The van der Waals surface area contributed by atoms with Crippen molar-refractivity contribution in [2.45, 2.75) is 58.3 Å². The minimum Gasteiger partial charge on any atom is -0.295 e. The van der Waals surface area contributed by atoms with E-state index < -0.39 is 0 Å². The lowest BCUT2D eigenvalue weighted by molar-refractivity contribution is -0.116. The van der Waals surface area contributed by atoms with Crippen LogP contribution in [0.2, 0.25) is 0 Å². The zero-order chi connectivity index (χ0) is 15.3. The summed E-state index contributed by atoms with van der Waals surface area (Å²) in [7, 11) is 0. The van der Waals surface area contributed by atoms with E-state index in [1.807, 2.05) is 6.08 Å². The lowest BCUT2D eigenvalue weighted by atomic mass is 9.51. The van der Waals surface area contributed by atoms with Crippen LogP contribution in [0.15, 0.2) is 21.8 Å². The number of carbonyl (C=O) groups excluding carboxylic acids is 1. The molecule has 0 saturated heterocycles. The van der Waals surface area contributed by atoms with Crippen molar-refractivity contribution in [3.8, 4) is 0 Å². The average Bonchev–Trinajstić information content (AvgIpc) is 2.84. The highest BCUT2D eigenvalue weighted by molar-refractivity contribution is 14.1. The monoisotopic (exact) mass is 410 g/mol. The molecule has 0 bridgehead atoms. The molecule has 0 aromatic carbocycles. The van der Waals surface area contributed by atoms with Gasteiger partial charge in [0.2, 0.25) is 0 Å². The molecule has 2 heteroatoms. The molecule has 1 nitrogen and oxygen atoms in total. The summed E-state index contributed by atoms with van der Waals surface area (Å²) >= 11 is 2.39. The van der Waals surface area contributed by atoms with Gasteiger partial charge in [-0.1, -0.05) is 41.2 Å². The minimum absolute atomic E-state index is 0.387. The van der Waals surface area contributed by atoms with Gasteiger partial charge < -0.3 is 0 Å². The van der Waals surface area contributed by atoms with E-state index in [1.54, 1.807) is 0 Å². The highest BCUT2D eigenvalue weighted by Crippen LogP contribution is 2.63. The van der Waals surface area contributed by atoms with Crippen molar-refractivity contribution in [2.24, 2.45) is 35.0 Å². The van der Waals surface area contributed by atoms with Gasteiger partial charge >= 0.3 is 0 Å². The highest BCUT2D eigenvalue weighted by atomic mass is 127. The Kier molecular flexibility index (Phi) is 4.03. The molecular formula is C20H27IO. The molecule has 0 spiro atoms. The van der Waals surface area contributed by atoms with Crippen LogP contribution in [-0.4, -0.2) is 5.78 Å². The van der Waals surface area contributed by atoms with Crippen LogP contribution < -0.4 is 0 Å². The third-order valence-corrected chi connectivity index (χ3v) is 8.09. The molecule has 0 amide bonds. The quantitative estimate of drug-likeness (QED) is 0.508. The number of hydrogen-bond donors (Lipinski definition) is 0. The molecule has 0 unspecified atom stereocenters. The summed E-state index contributed by atoms with van der Waals surface area (Å²) in [6, 6.07) is 0. The predicted molar refractivity (Wildman–Crippen MR) is 98.7 cm³/mol. The Bertz CT molecular complexity index is 534. The molecule has 0 aromatic heterocycles. The number of rotatable bonds is 1. The fraction of sp³-hybridized carbons (Fsp3) is 0.750. The van der Waals surface area contributed by atoms with Crippen LogP contribution in [0.3, 0.4) is 0 Å². The third kappa shape index (κ3) is 2.27. The van der Waals surface area contributed by atoms with E-state index in [9.17, 15) is 4.79 Å². The topological polar surface area (TPSA) is 17.1 Å². The van der Waals surface area contributed by atoms with Crippen LogP contribution in [0, 0.1) is 35.0 Å². The van der Waals surface area contributed by atoms with Crippen LogP contribution in [0.25, 0.3) is 0 Å². The van der Waals surface area contributed by atoms with Gasteiger partial charge in [0.15, 0.2) is 5.78 Å². The van der Waals surface area contributed by atoms with Crippen LogP contribution >= 0.6 is 22.6 Å². The molecule has 4 rings (SSSR count). The standard InChI is InChI=1S/C20H27IO/c1-20-10-8-17-16-6-4-15(22)12-13(16)2-5-18(17)19(20)7-3-14(20)9-11-21/h9,11-12,14,16-19H,2-8,10H2,1H3/b11-9-/t14-,16-,17+,18+,19-,20+/m0/s1. The molecule has 0 aromatic rings. The zero-order valence-corrected chi connectivity index (χ0v) is 15.7. The Balaban J connectivity index is 1.60. The maximum absolute atomic E-state index is 11.7. The van der Waals surface area contributed by atoms with Gasteiger partial charge in [-0.2, -0.15) is 0 Å². The van der Waals surface area contributed by atoms with Gasteiger partial charge in [0, 0.05) is 6.42 Å². The van der Waals surface area contributed by atoms with Crippen LogP contribution in [-0.2, 0) is 4.79 Å². The first kappa shape index (κ1) is 15.4. The van der Waals surface area contributed by atoms with Gasteiger partial charge in [0.05, 0.1) is 0 Å². The first-order valence-electron chi connectivity index (χ1n) is 9.13. The van der Waals surface area contributed by atoms with Crippen molar-refractivity contribution in [3.05, 3.63) is 21.8 Å². The second-order valence-electron chi connectivity index (χ2n) is 8.35. The summed E-state index contributed by atoms with van der Waals surface area (Å²) in [6.07, 6.45) is 14.7. The first-order chi connectivity index (χ1) is 10.6. The van der Waals surface area contributed by atoms with Crippen LogP contribution in [0.4, 0.5) is 0 Å². The van der Waals surface area contributed by atoms with E-state index in [4.69, 9.17) is 0 Å². The Morgan fingerprint density at radius 3 is 2.82 bits per heavy atom. The molecule has 0 aliphatic heterocycles. The molecule has 22 heavy (non-hydrogen) atoms. The lowest BCUT2D eigenvalue weighted by Crippen LogP contribution is -2.46. The van der Waals surface area contributed by atoms with E-state index in [0.717, 1.165) is 42.4 Å². The molecule has 120 valence electrons. The Morgan fingerprint density at radius 1 is 1.14 bits per heavy atom. The summed E-state index contributed by atoms with van der Waals surface area (Å²) in [6.45, 7) is 2.58. The Labute approximate surface area is 148 Å². The zero-order valence-electron chi connectivity index (χ0n) is 13.6. The second-order valence-corrected chi connectivity index (χ2v) is 9.07. The highest BCUT2D eigenvalue weighted by Gasteiger charge is 2.55. The van der Waals surface area contributed by atoms with Crippen molar-refractivity contribution < 1.29 is 4.79 Å². The number of carbonyl (C=O) groups is 1. The van der Waals surface area contributed by atoms with Gasteiger partial charge in [-0.3, -0.25) is 4.79 Å². The molecule has 4 aliphatic rings. The molecule has 3 saturated carbocycles. The molecule has 0 radical (unpaired) electrons. The van der Waals surface area contributed by atoms with Crippen molar-refractivity contribution in [3.63, 3.8) is 0 Å². The smallest absolute Gasteiger partial charge is 0.155 e. The Morgan fingerprint density at radius 2 is 2.00 bits per heavy atom. The summed E-state index contributed by atoms with van der Waals surface area (Å²) in [5.41, 5.74) is 2.07. The minimum atomic E-state index is 0.387. The average molecular weight is 410 g/mol. The van der Waals surface area contributed by atoms with E-state index in [2.05, 4.69) is 39.7 Å². The van der Waals surface area contributed by atoms with E-state index in [0.29, 0.717) is 11.2 Å². The number of halogens is 1. The van der Waals surface area contributed by atoms with Crippen molar-refractivity contribution in [2.75, 3.05) is 0 Å². The first-order valence-corrected chi connectivity index (χ1v) is 10.4. The van der Waals surface area contributed by atoms with Crippen LogP contribution in [0.5, 0.6) is 0 Å². The normalized spacial score (nSPS) is 47.8. The summed E-state index contributed by atoms with van der Waals surface area (Å²) in [5.74, 6) is 4.69. The largest absolute Gasteiger partial charge is 0.295 e. The molecule has 6 atom stereocenters. The van der Waals surface area contributed by atoms with Crippen molar-refractivity contribution in [1.29, 1.82) is 0 Å². The van der Waals surface area contributed by atoms with E-state index >= 15 is 0 Å². The number of ketones is 1. The number of hydrogen-bond acceptors (Lipinski definition) is 1. The third-order valence-electron chi connectivity index (χ3n) is 7.68. The summed E-state index contributed by atoms with van der Waals surface area (Å²) in [4.78, 5) is 11.7. The Hall–Kier alpha value is -0.120. The second kappa shape index (κ2) is 5.75. The molecule has 3 fully saturated rings. The van der Waals surface area contributed by atoms with Crippen LogP contribution in [0.1, 0.15) is 58.3 Å². The lowest BCUT2D eigenvalue weighted by Gasteiger charge is -2.53. The fourth-order valence-electron chi connectivity index (χ4n) is 6.63. The van der Waals surface area contributed by atoms with E-state index in [-0.39, 0.29) is 0 Å². The fourth-order valence-corrected chi connectivity index (χ4v) is 7.13.